The summed E-state index contributed by atoms with van der Waals surface area (Å²) in [6.45, 7) is 0. The Hall–Kier alpha value is -2.02. The summed E-state index contributed by atoms with van der Waals surface area (Å²) in [5, 5.41) is 0.871. The summed E-state index contributed by atoms with van der Waals surface area (Å²) < 4.78 is 6.83. The van der Waals surface area contributed by atoms with Gasteiger partial charge in [-0.1, -0.05) is 0 Å². The second kappa shape index (κ2) is 3.04. The van der Waals surface area contributed by atoms with Crippen molar-refractivity contribution in [1.29, 1.82) is 0 Å². The van der Waals surface area contributed by atoms with Gasteiger partial charge < -0.3 is 9.30 Å². The molecule has 2 rings (SSSR count). The number of hydrogen-bond donors (Lipinski definition) is 0. The van der Waals surface area contributed by atoms with Crippen LogP contribution in [0.4, 0.5) is 0 Å². The van der Waals surface area contributed by atoms with E-state index in [1.54, 1.807) is 0 Å². The maximum absolute atomic E-state index is 5.34. The second-order valence-corrected chi connectivity index (χ2v) is 2.87. The van der Waals surface area contributed by atoms with Crippen LogP contribution in [0.5, 0.6) is 6.01 Å². The summed E-state index contributed by atoms with van der Waals surface area (Å²) in [5.41, 5.74) is 1.34. The summed E-state index contributed by atoms with van der Waals surface area (Å²) in [7, 11) is 3.42. The van der Waals surface area contributed by atoms with Gasteiger partial charge in [-0.25, -0.2) is 0 Å². The van der Waals surface area contributed by atoms with Gasteiger partial charge in [0.15, 0.2) is 0 Å². The van der Waals surface area contributed by atoms with E-state index in [0.717, 1.165) is 11.0 Å². The van der Waals surface area contributed by atoms with E-state index in [4.69, 9.17) is 11.2 Å². The van der Waals surface area contributed by atoms with Crippen LogP contribution in [0.15, 0.2) is 12.3 Å². The zero-order valence-corrected chi connectivity index (χ0v) is 7.98. The van der Waals surface area contributed by atoms with Gasteiger partial charge in [-0.05, 0) is 12.0 Å². The fourth-order valence-corrected chi connectivity index (χ4v) is 1.32. The van der Waals surface area contributed by atoms with Crippen molar-refractivity contribution in [3.8, 4) is 18.4 Å². The summed E-state index contributed by atoms with van der Waals surface area (Å²) in [5.74, 6) is 2.51. The van der Waals surface area contributed by atoms with Gasteiger partial charge in [0, 0.05) is 13.2 Å². The topological polar surface area (TPSA) is 39.9 Å². The van der Waals surface area contributed by atoms with Crippen molar-refractivity contribution in [3.63, 3.8) is 0 Å². The van der Waals surface area contributed by atoms with Crippen molar-refractivity contribution < 1.29 is 4.74 Å². The molecule has 0 spiro atoms. The van der Waals surface area contributed by atoms with E-state index >= 15 is 0 Å². The second-order valence-electron chi connectivity index (χ2n) is 2.87. The number of terminal acetylenes is 1. The van der Waals surface area contributed by atoms with Crippen molar-refractivity contribution in [2.24, 2.45) is 7.05 Å². The lowest BCUT2D eigenvalue weighted by atomic mass is 10.3. The number of methoxy groups -OCH3 is 1. The van der Waals surface area contributed by atoms with E-state index in [0.29, 0.717) is 11.7 Å². The minimum atomic E-state index is 0.298. The van der Waals surface area contributed by atoms with Gasteiger partial charge in [0.05, 0.1) is 12.5 Å². The molecule has 0 bridgehead atoms. The van der Waals surface area contributed by atoms with Crippen LogP contribution >= 0.6 is 0 Å². The highest BCUT2D eigenvalue weighted by Crippen LogP contribution is 2.18. The molecule has 0 unspecified atom stereocenters. The number of ether oxygens (including phenoxy) is 1. The Kier molecular flexibility index (Phi) is 1.86. The largest absolute Gasteiger partial charge is 0.467 e. The summed E-state index contributed by atoms with van der Waals surface area (Å²) in [4.78, 5) is 8.26. The van der Waals surface area contributed by atoms with E-state index in [1.807, 2.05) is 23.9 Å². The van der Waals surface area contributed by atoms with Crippen LogP contribution in [-0.2, 0) is 7.05 Å². The minimum Gasteiger partial charge on any atom is -0.467 e. The van der Waals surface area contributed by atoms with Gasteiger partial charge in [-0.15, -0.1) is 6.42 Å². The molecule has 2 aromatic heterocycles. The maximum Gasteiger partial charge on any atom is 0.319 e. The van der Waals surface area contributed by atoms with Gasteiger partial charge in [0.2, 0.25) is 0 Å². The molecule has 2 aromatic rings. The SMILES string of the molecule is C#Cc1nc(OC)nc2c1ccn2C. The fraction of sp³-hybridized carbons (Fsp3) is 0.200. The minimum absolute atomic E-state index is 0.298. The van der Waals surface area contributed by atoms with Gasteiger partial charge in [0.25, 0.3) is 0 Å². The van der Waals surface area contributed by atoms with E-state index in [-0.39, 0.29) is 0 Å². The average molecular weight is 187 g/mol. The van der Waals surface area contributed by atoms with Crippen LogP contribution in [0.25, 0.3) is 11.0 Å². The average Bonchev–Trinajstić information content (AvgIpc) is 2.59. The Morgan fingerprint density at radius 1 is 1.50 bits per heavy atom. The third-order valence-corrected chi connectivity index (χ3v) is 2.02. The Balaban J connectivity index is 2.84. The predicted octanol–water partition coefficient (Wildman–Crippen LogP) is 0.958. The van der Waals surface area contributed by atoms with Crippen LogP contribution in [0.1, 0.15) is 5.69 Å². The van der Waals surface area contributed by atoms with Crippen molar-refractivity contribution in [1.82, 2.24) is 14.5 Å². The Morgan fingerprint density at radius 2 is 2.29 bits per heavy atom. The van der Waals surface area contributed by atoms with Gasteiger partial charge in [0.1, 0.15) is 11.3 Å². The molecule has 0 aliphatic heterocycles. The molecule has 0 saturated heterocycles. The first-order valence-electron chi connectivity index (χ1n) is 4.10. The summed E-state index contributed by atoms with van der Waals surface area (Å²) >= 11 is 0. The van der Waals surface area contributed by atoms with Crippen LogP contribution in [0, 0.1) is 12.3 Å². The Bertz CT molecular complexity index is 522. The van der Waals surface area contributed by atoms with Crippen molar-refractivity contribution >= 4 is 11.0 Å². The number of rotatable bonds is 1. The molecule has 0 aliphatic carbocycles. The molecule has 4 heteroatoms. The highest BCUT2D eigenvalue weighted by Gasteiger charge is 2.08. The molecule has 2 heterocycles. The van der Waals surface area contributed by atoms with Gasteiger partial charge in [-0.2, -0.15) is 9.97 Å². The predicted molar refractivity (Wildman–Crippen MR) is 53.0 cm³/mol. The standard InChI is InChI=1S/C10H9N3O/c1-4-8-7-5-6-13(2)9(7)12-10(11-8)14-3/h1,5-6H,2-3H3. The molecule has 4 nitrogen and oxygen atoms in total. The number of nitrogens with zero attached hydrogens (tertiary/aromatic N) is 3. The third kappa shape index (κ3) is 1.11. The van der Waals surface area contributed by atoms with Crippen molar-refractivity contribution in [3.05, 3.63) is 18.0 Å². The summed E-state index contributed by atoms with van der Waals surface area (Å²) in [6.07, 6.45) is 7.23. The van der Waals surface area contributed by atoms with E-state index in [9.17, 15) is 0 Å². The molecule has 0 atom stereocenters. The zero-order chi connectivity index (χ0) is 10.1. The molecule has 0 fully saturated rings. The highest BCUT2D eigenvalue weighted by atomic mass is 16.5. The maximum atomic E-state index is 5.34. The van der Waals surface area contributed by atoms with Gasteiger partial charge >= 0.3 is 6.01 Å². The zero-order valence-electron chi connectivity index (χ0n) is 7.98. The Labute approximate surface area is 81.5 Å². The van der Waals surface area contributed by atoms with Gasteiger partial charge in [-0.3, -0.25) is 0 Å². The summed E-state index contributed by atoms with van der Waals surface area (Å²) in [6, 6.07) is 2.19. The van der Waals surface area contributed by atoms with Crippen LogP contribution in [-0.4, -0.2) is 21.6 Å². The molecule has 0 aliphatic rings. The first-order valence-corrected chi connectivity index (χ1v) is 4.10. The quantitative estimate of drug-likeness (QED) is 0.624. The van der Waals surface area contributed by atoms with Crippen LogP contribution in [0.3, 0.4) is 0 Å². The normalized spacial score (nSPS) is 10.1. The molecular weight excluding hydrogens is 178 g/mol. The number of aryl methyl sites for hydroxylation is 1. The number of fused-ring (bicyclic) bond motifs is 1. The molecular formula is C10H9N3O. The fourth-order valence-electron chi connectivity index (χ4n) is 1.32. The van der Waals surface area contributed by atoms with Crippen molar-refractivity contribution in [2.75, 3.05) is 7.11 Å². The van der Waals surface area contributed by atoms with Crippen molar-refractivity contribution in [2.45, 2.75) is 0 Å². The first-order chi connectivity index (χ1) is 6.76. The van der Waals surface area contributed by atoms with Crippen LogP contribution < -0.4 is 4.74 Å². The first kappa shape index (κ1) is 8.57. The molecule has 0 amide bonds. The number of hydrogen-bond acceptors (Lipinski definition) is 3. The molecule has 0 N–H and O–H groups in total. The molecule has 0 aromatic carbocycles. The Morgan fingerprint density at radius 3 is 2.93 bits per heavy atom. The molecule has 14 heavy (non-hydrogen) atoms. The molecule has 0 radical (unpaired) electrons. The lowest BCUT2D eigenvalue weighted by Gasteiger charge is -2.01. The van der Waals surface area contributed by atoms with E-state index in [2.05, 4.69) is 15.9 Å². The lowest BCUT2D eigenvalue weighted by molar-refractivity contribution is 0.381. The smallest absolute Gasteiger partial charge is 0.319 e. The molecule has 70 valence electrons. The number of aromatic nitrogens is 3. The van der Waals surface area contributed by atoms with E-state index in [1.165, 1.54) is 7.11 Å². The monoisotopic (exact) mass is 187 g/mol. The van der Waals surface area contributed by atoms with Crippen LogP contribution in [0.2, 0.25) is 0 Å². The highest BCUT2D eigenvalue weighted by molar-refractivity contribution is 5.81. The third-order valence-electron chi connectivity index (χ3n) is 2.02. The van der Waals surface area contributed by atoms with E-state index < -0.39 is 0 Å². The molecule has 0 saturated carbocycles. The lowest BCUT2D eigenvalue weighted by Crippen LogP contribution is -1.97.